The number of nitrogens with zero attached hydrogens (tertiary/aromatic N) is 4. The van der Waals surface area contributed by atoms with Crippen molar-refractivity contribution in [3.63, 3.8) is 0 Å². The molecule has 0 fully saturated rings. The molecule has 0 spiro atoms. The number of rotatable bonds is 3. The van der Waals surface area contributed by atoms with Crippen LogP contribution in [-0.2, 0) is 11.3 Å². The largest absolute Gasteiger partial charge is 0.487 e. The fraction of sp³-hybridized carbons (Fsp3) is 0.429. The Kier molecular flexibility index (Phi) is 4.74. The van der Waals surface area contributed by atoms with Crippen LogP contribution in [0.4, 0.5) is 5.69 Å². The summed E-state index contributed by atoms with van der Waals surface area (Å²) in [6, 6.07) is 5.31. The van der Waals surface area contributed by atoms with Crippen molar-refractivity contribution in [1.29, 1.82) is 0 Å². The number of hydrogen-bond donors (Lipinski definition) is 2. The van der Waals surface area contributed by atoms with Crippen molar-refractivity contribution < 1.29 is 9.53 Å². The molecule has 1 atom stereocenters. The number of tetrazole rings is 1. The second kappa shape index (κ2) is 6.41. The Morgan fingerprint density at radius 2 is 2.30 bits per heavy atom. The number of aromatic nitrogens is 4. The van der Waals surface area contributed by atoms with E-state index in [0.717, 1.165) is 11.3 Å². The number of ether oxygens (including phenoxy) is 1. The Hall–Kier alpha value is -2.35. The highest BCUT2D eigenvalue weighted by atomic mass is 35.5. The van der Waals surface area contributed by atoms with Gasteiger partial charge in [-0.05, 0) is 42.5 Å². The summed E-state index contributed by atoms with van der Waals surface area (Å²) in [5.74, 6) is 0.585. The van der Waals surface area contributed by atoms with Crippen LogP contribution in [0.1, 0.15) is 31.9 Å². The maximum Gasteiger partial charge on any atom is 0.242 e. The van der Waals surface area contributed by atoms with Crippen LogP contribution in [0, 0.1) is 0 Å². The second-order valence-corrected chi connectivity index (χ2v) is 5.99. The summed E-state index contributed by atoms with van der Waals surface area (Å²) in [5, 5.41) is 13.7. The molecule has 3 N–H and O–H groups in total. The molecule has 0 bridgehead atoms. The minimum absolute atomic E-state index is 0. The average Bonchev–Trinajstić information content (AvgIpc) is 2.91. The zero-order valence-electron chi connectivity index (χ0n) is 12.9. The van der Waals surface area contributed by atoms with E-state index in [2.05, 4.69) is 20.8 Å². The van der Waals surface area contributed by atoms with Crippen molar-refractivity contribution >= 4 is 24.0 Å². The Balaban J connectivity index is 0.00000192. The lowest BCUT2D eigenvalue weighted by Gasteiger charge is -2.38. The zero-order chi connectivity index (χ0) is 15.7. The molecule has 1 aromatic carbocycles. The monoisotopic (exact) mass is 338 g/mol. The highest BCUT2D eigenvalue weighted by molar-refractivity contribution is 5.85. The summed E-state index contributed by atoms with van der Waals surface area (Å²) >= 11 is 0. The van der Waals surface area contributed by atoms with Crippen LogP contribution in [0.15, 0.2) is 24.5 Å². The molecule has 1 unspecified atom stereocenters. The number of anilines is 1. The van der Waals surface area contributed by atoms with Crippen molar-refractivity contribution in [1.82, 2.24) is 25.5 Å². The van der Waals surface area contributed by atoms with Gasteiger partial charge in [0.05, 0.1) is 6.04 Å². The standard InChI is InChI=1S/C14H18N6O2.ClH/c1-14(2)6-11(10-5-9(15)3-4-12(10)22-14)17-13(21)7-20-8-16-18-19-20;/h3-5,8,11H,6-7,15H2,1-2H3,(H,17,21);1H. The molecular formula is C14H19ClN6O2. The number of nitrogens with one attached hydrogen (secondary N) is 1. The molecule has 1 aliphatic rings. The van der Waals surface area contributed by atoms with Crippen molar-refractivity contribution in [2.75, 3.05) is 5.73 Å². The van der Waals surface area contributed by atoms with Crippen molar-refractivity contribution in [3.8, 4) is 5.75 Å². The van der Waals surface area contributed by atoms with Gasteiger partial charge in [0, 0.05) is 17.7 Å². The van der Waals surface area contributed by atoms with E-state index in [0.29, 0.717) is 12.1 Å². The number of halogens is 1. The first-order valence-electron chi connectivity index (χ1n) is 7.01. The van der Waals surface area contributed by atoms with Gasteiger partial charge in [-0.2, -0.15) is 0 Å². The van der Waals surface area contributed by atoms with Crippen LogP contribution in [-0.4, -0.2) is 31.7 Å². The molecule has 3 rings (SSSR count). The number of fused-ring (bicyclic) bond motifs is 1. The summed E-state index contributed by atoms with van der Waals surface area (Å²) in [6.07, 6.45) is 2.06. The predicted molar refractivity (Wildman–Crippen MR) is 86.1 cm³/mol. The first-order chi connectivity index (χ1) is 10.4. The topological polar surface area (TPSA) is 108 Å². The summed E-state index contributed by atoms with van der Waals surface area (Å²) in [4.78, 5) is 12.2. The third-order valence-electron chi connectivity index (χ3n) is 3.52. The Labute approximate surface area is 139 Å². The maximum absolute atomic E-state index is 12.2. The molecule has 124 valence electrons. The highest BCUT2D eigenvalue weighted by Crippen LogP contribution is 2.40. The predicted octanol–water partition coefficient (Wildman–Crippen LogP) is 1.10. The van der Waals surface area contributed by atoms with E-state index in [1.54, 1.807) is 6.07 Å². The van der Waals surface area contributed by atoms with Gasteiger partial charge in [0.2, 0.25) is 5.91 Å². The van der Waals surface area contributed by atoms with Gasteiger partial charge in [0.25, 0.3) is 0 Å². The molecule has 1 aromatic heterocycles. The van der Waals surface area contributed by atoms with Gasteiger partial charge in [0.1, 0.15) is 24.2 Å². The zero-order valence-corrected chi connectivity index (χ0v) is 13.7. The lowest BCUT2D eigenvalue weighted by molar-refractivity contribution is -0.123. The highest BCUT2D eigenvalue weighted by Gasteiger charge is 2.34. The summed E-state index contributed by atoms with van der Waals surface area (Å²) in [5.41, 5.74) is 7.02. The Bertz CT molecular complexity index is 689. The van der Waals surface area contributed by atoms with Crippen molar-refractivity contribution in [3.05, 3.63) is 30.1 Å². The number of nitrogens with two attached hydrogens (primary N) is 1. The van der Waals surface area contributed by atoms with E-state index in [1.165, 1.54) is 11.0 Å². The lowest BCUT2D eigenvalue weighted by Crippen LogP contribution is -2.42. The second-order valence-electron chi connectivity index (χ2n) is 5.99. The summed E-state index contributed by atoms with van der Waals surface area (Å²) in [7, 11) is 0. The first kappa shape index (κ1) is 17.0. The van der Waals surface area contributed by atoms with Crippen LogP contribution < -0.4 is 15.8 Å². The first-order valence-corrected chi connectivity index (χ1v) is 7.01. The van der Waals surface area contributed by atoms with Gasteiger partial charge in [-0.1, -0.05) is 0 Å². The Morgan fingerprint density at radius 3 is 3.00 bits per heavy atom. The van der Waals surface area contributed by atoms with E-state index >= 15 is 0 Å². The fourth-order valence-electron chi connectivity index (χ4n) is 2.64. The van der Waals surface area contributed by atoms with Crippen LogP contribution in [0.2, 0.25) is 0 Å². The summed E-state index contributed by atoms with van der Waals surface area (Å²) < 4.78 is 7.32. The summed E-state index contributed by atoms with van der Waals surface area (Å²) in [6.45, 7) is 4.06. The van der Waals surface area contributed by atoms with Gasteiger partial charge in [0.15, 0.2) is 0 Å². The molecule has 2 heterocycles. The van der Waals surface area contributed by atoms with Crippen LogP contribution >= 0.6 is 12.4 Å². The molecule has 0 saturated carbocycles. The van der Waals surface area contributed by atoms with Crippen LogP contribution in [0.3, 0.4) is 0 Å². The van der Waals surface area contributed by atoms with Gasteiger partial charge in [-0.3, -0.25) is 4.79 Å². The maximum atomic E-state index is 12.2. The molecule has 0 aliphatic carbocycles. The van der Waals surface area contributed by atoms with E-state index in [4.69, 9.17) is 10.5 Å². The molecule has 8 nitrogen and oxygen atoms in total. The molecule has 23 heavy (non-hydrogen) atoms. The van der Waals surface area contributed by atoms with E-state index in [-0.39, 0.29) is 36.5 Å². The van der Waals surface area contributed by atoms with Crippen molar-refractivity contribution in [2.24, 2.45) is 0 Å². The number of nitrogen functional groups attached to an aromatic ring is 1. The van der Waals surface area contributed by atoms with Crippen molar-refractivity contribution in [2.45, 2.75) is 38.5 Å². The number of carbonyl (C=O) groups is 1. The average molecular weight is 339 g/mol. The molecule has 2 aromatic rings. The molecule has 0 radical (unpaired) electrons. The van der Waals surface area contributed by atoms with E-state index < -0.39 is 0 Å². The number of benzene rings is 1. The molecule has 9 heteroatoms. The van der Waals surface area contributed by atoms with Gasteiger partial charge in [-0.15, -0.1) is 17.5 Å². The van der Waals surface area contributed by atoms with Gasteiger partial charge >= 0.3 is 0 Å². The quantitative estimate of drug-likeness (QED) is 0.811. The number of carbonyl (C=O) groups excluding carboxylic acids is 1. The molecular weight excluding hydrogens is 320 g/mol. The third kappa shape index (κ3) is 3.89. The molecule has 1 aliphatic heterocycles. The molecule has 1 amide bonds. The number of amides is 1. The Morgan fingerprint density at radius 1 is 1.52 bits per heavy atom. The fourth-order valence-corrected chi connectivity index (χ4v) is 2.64. The van der Waals surface area contributed by atoms with Crippen LogP contribution in [0.5, 0.6) is 5.75 Å². The van der Waals surface area contributed by atoms with Gasteiger partial charge < -0.3 is 15.8 Å². The van der Waals surface area contributed by atoms with E-state index in [9.17, 15) is 4.79 Å². The minimum Gasteiger partial charge on any atom is -0.487 e. The lowest BCUT2D eigenvalue weighted by atomic mass is 9.89. The normalized spacial score (nSPS) is 18.3. The van der Waals surface area contributed by atoms with Crippen LogP contribution in [0.25, 0.3) is 0 Å². The molecule has 0 saturated heterocycles. The van der Waals surface area contributed by atoms with E-state index in [1.807, 2.05) is 26.0 Å². The minimum atomic E-state index is -0.365. The van der Waals surface area contributed by atoms with Gasteiger partial charge in [-0.25, -0.2) is 4.68 Å². The number of hydrogen-bond acceptors (Lipinski definition) is 6. The smallest absolute Gasteiger partial charge is 0.242 e. The third-order valence-corrected chi connectivity index (χ3v) is 3.52. The SMILES string of the molecule is CC1(C)CC(NC(=O)Cn2cnnn2)c2cc(N)ccc2O1.Cl.